The third kappa shape index (κ3) is 1.91. The highest BCUT2D eigenvalue weighted by atomic mass is 15.2. The van der Waals surface area contributed by atoms with Crippen molar-refractivity contribution in [1.29, 1.82) is 0 Å². The Balaban J connectivity index is 1.49. The van der Waals surface area contributed by atoms with E-state index in [1.807, 2.05) is 0 Å². The Morgan fingerprint density at radius 2 is 2.06 bits per heavy atom. The molecule has 0 bridgehead atoms. The zero-order valence-corrected chi connectivity index (χ0v) is 10.8. The summed E-state index contributed by atoms with van der Waals surface area (Å²) in [5.74, 6) is 1.09. The van der Waals surface area contributed by atoms with Gasteiger partial charge in [0.05, 0.1) is 0 Å². The van der Waals surface area contributed by atoms with Gasteiger partial charge in [0.25, 0.3) is 0 Å². The Morgan fingerprint density at radius 3 is 2.50 bits per heavy atom. The van der Waals surface area contributed by atoms with E-state index >= 15 is 0 Å². The number of nitrogens with zero attached hydrogens (tertiary/aromatic N) is 1. The average molecular weight is 222 g/mol. The summed E-state index contributed by atoms with van der Waals surface area (Å²) in [6.45, 7) is 4.91. The fourth-order valence-electron chi connectivity index (χ4n) is 3.75. The van der Waals surface area contributed by atoms with E-state index in [2.05, 4.69) is 24.2 Å². The Kier molecular flexibility index (Phi) is 2.75. The molecule has 3 rings (SSSR count). The van der Waals surface area contributed by atoms with Crippen LogP contribution in [0.5, 0.6) is 0 Å². The van der Waals surface area contributed by atoms with Gasteiger partial charge in [-0.15, -0.1) is 0 Å². The van der Waals surface area contributed by atoms with Crippen molar-refractivity contribution in [3.63, 3.8) is 0 Å². The lowest BCUT2D eigenvalue weighted by molar-refractivity contribution is 0.0949. The highest BCUT2D eigenvalue weighted by Gasteiger charge is 2.48. The average Bonchev–Trinajstić information content (AvgIpc) is 2.95. The van der Waals surface area contributed by atoms with E-state index in [9.17, 15) is 0 Å². The van der Waals surface area contributed by atoms with Crippen LogP contribution in [0.15, 0.2) is 0 Å². The standard InChI is InChI=1S/C14H26N2/c1-11-8-13(9-16(11)2)15-10-14(6-3-7-14)12-4-5-12/h11-13,15H,3-10H2,1-2H3. The van der Waals surface area contributed by atoms with Crippen molar-refractivity contribution >= 4 is 0 Å². The molecule has 2 aliphatic carbocycles. The van der Waals surface area contributed by atoms with Crippen molar-refractivity contribution in [2.75, 3.05) is 20.1 Å². The summed E-state index contributed by atoms with van der Waals surface area (Å²) in [5.41, 5.74) is 0.740. The molecule has 3 aliphatic rings. The Labute approximate surface area is 99.8 Å². The van der Waals surface area contributed by atoms with E-state index in [0.29, 0.717) is 0 Å². The lowest BCUT2D eigenvalue weighted by Gasteiger charge is -2.43. The second-order valence-electron chi connectivity index (χ2n) is 6.59. The fraction of sp³-hybridized carbons (Fsp3) is 1.00. The van der Waals surface area contributed by atoms with E-state index in [-0.39, 0.29) is 0 Å². The van der Waals surface area contributed by atoms with Crippen molar-refractivity contribution in [2.24, 2.45) is 11.3 Å². The minimum atomic E-state index is 0.740. The number of likely N-dealkylation sites (tertiary alicyclic amines) is 1. The van der Waals surface area contributed by atoms with E-state index in [1.165, 1.54) is 51.6 Å². The molecule has 16 heavy (non-hydrogen) atoms. The Morgan fingerprint density at radius 1 is 1.31 bits per heavy atom. The van der Waals surface area contributed by atoms with Gasteiger partial charge in [-0.3, -0.25) is 0 Å². The molecule has 0 amide bonds. The predicted molar refractivity (Wildman–Crippen MR) is 67.5 cm³/mol. The summed E-state index contributed by atoms with van der Waals surface area (Å²) >= 11 is 0. The molecule has 92 valence electrons. The first-order chi connectivity index (χ1) is 7.70. The third-order valence-electron chi connectivity index (χ3n) is 5.42. The van der Waals surface area contributed by atoms with Gasteiger partial charge in [-0.05, 0) is 57.4 Å². The fourth-order valence-corrected chi connectivity index (χ4v) is 3.75. The number of rotatable bonds is 4. The van der Waals surface area contributed by atoms with Crippen molar-refractivity contribution in [1.82, 2.24) is 10.2 Å². The molecule has 1 saturated heterocycles. The van der Waals surface area contributed by atoms with Crippen LogP contribution in [-0.2, 0) is 0 Å². The van der Waals surface area contributed by atoms with Gasteiger partial charge in [0.15, 0.2) is 0 Å². The smallest absolute Gasteiger partial charge is 0.0210 e. The van der Waals surface area contributed by atoms with Crippen LogP contribution in [0.1, 0.15) is 45.4 Å². The first kappa shape index (κ1) is 11.0. The van der Waals surface area contributed by atoms with E-state index in [4.69, 9.17) is 0 Å². The lowest BCUT2D eigenvalue weighted by Crippen LogP contribution is -2.45. The van der Waals surface area contributed by atoms with Crippen molar-refractivity contribution in [3.05, 3.63) is 0 Å². The molecule has 2 saturated carbocycles. The van der Waals surface area contributed by atoms with Gasteiger partial charge in [-0.1, -0.05) is 6.42 Å². The highest BCUT2D eigenvalue weighted by Crippen LogP contribution is 2.56. The maximum Gasteiger partial charge on any atom is 0.0210 e. The molecule has 0 spiro atoms. The number of hydrogen-bond acceptors (Lipinski definition) is 2. The second kappa shape index (κ2) is 3.99. The normalized spacial score (nSPS) is 38.6. The van der Waals surface area contributed by atoms with Crippen LogP contribution in [0.4, 0.5) is 0 Å². The number of hydrogen-bond donors (Lipinski definition) is 1. The van der Waals surface area contributed by atoms with Crippen molar-refractivity contribution in [3.8, 4) is 0 Å². The van der Waals surface area contributed by atoms with E-state index in [1.54, 1.807) is 0 Å². The maximum absolute atomic E-state index is 3.86. The lowest BCUT2D eigenvalue weighted by atomic mass is 9.65. The van der Waals surface area contributed by atoms with Gasteiger partial charge in [0, 0.05) is 25.2 Å². The van der Waals surface area contributed by atoms with Crippen LogP contribution in [-0.4, -0.2) is 37.1 Å². The molecule has 1 N–H and O–H groups in total. The van der Waals surface area contributed by atoms with Crippen LogP contribution in [0.3, 0.4) is 0 Å². The quantitative estimate of drug-likeness (QED) is 0.785. The van der Waals surface area contributed by atoms with Crippen LogP contribution in [0.2, 0.25) is 0 Å². The maximum atomic E-state index is 3.86. The van der Waals surface area contributed by atoms with Gasteiger partial charge in [-0.25, -0.2) is 0 Å². The SMILES string of the molecule is CC1CC(NCC2(C3CC3)CCC2)CN1C. The Hall–Kier alpha value is -0.0800. The molecule has 1 heterocycles. The molecule has 2 atom stereocenters. The molecule has 2 heteroatoms. The Bertz CT molecular complexity index is 245. The first-order valence-corrected chi connectivity index (χ1v) is 7.13. The third-order valence-corrected chi connectivity index (χ3v) is 5.42. The summed E-state index contributed by atoms with van der Waals surface area (Å²) in [4.78, 5) is 2.49. The molecular formula is C14H26N2. The second-order valence-corrected chi connectivity index (χ2v) is 6.59. The van der Waals surface area contributed by atoms with Crippen molar-refractivity contribution in [2.45, 2.75) is 57.5 Å². The molecule has 0 radical (unpaired) electrons. The van der Waals surface area contributed by atoms with Gasteiger partial charge >= 0.3 is 0 Å². The topological polar surface area (TPSA) is 15.3 Å². The monoisotopic (exact) mass is 222 g/mol. The molecule has 1 aliphatic heterocycles. The molecule has 0 aromatic carbocycles. The molecule has 2 nitrogen and oxygen atoms in total. The summed E-state index contributed by atoms with van der Waals surface area (Å²) in [5, 5.41) is 3.86. The van der Waals surface area contributed by atoms with Crippen LogP contribution >= 0.6 is 0 Å². The zero-order chi connectivity index (χ0) is 11.2. The summed E-state index contributed by atoms with van der Waals surface area (Å²) < 4.78 is 0. The molecule has 3 fully saturated rings. The van der Waals surface area contributed by atoms with Crippen LogP contribution in [0.25, 0.3) is 0 Å². The summed E-state index contributed by atoms with van der Waals surface area (Å²) in [7, 11) is 2.26. The predicted octanol–water partition coefficient (Wildman–Crippen LogP) is 2.25. The zero-order valence-electron chi connectivity index (χ0n) is 10.8. The number of nitrogens with one attached hydrogen (secondary N) is 1. The van der Waals surface area contributed by atoms with Gasteiger partial charge in [-0.2, -0.15) is 0 Å². The van der Waals surface area contributed by atoms with Crippen LogP contribution in [0, 0.1) is 11.3 Å². The van der Waals surface area contributed by atoms with Crippen LogP contribution < -0.4 is 5.32 Å². The van der Waals surface area contributed by atoms with E-state index in [0.717, 1.165) is 23.4 Å². The largest absolute Gasteiger partial charge is 0.312 e. The molecular weight excluding hydrogens is 196 g/mol. The van der Waals surface area contributed by atoms with Crippen molar-refractivity contribution < 1.29 is 0 Å². The number of likely N-dealkylation sites (N-methyl/N-ethyl adjacent to an activating group) is 1. The summed E-state index contributed by atoms with van der Waals surface area (Å²) in [6, 6.07) is 1.53. The van der Waals surface area contributed by atoms with Gasteiger partial charge in [0.1, 0.15) is 0 Å². The van der Waals surface area contributed by atoms with Gasteiger partial charge < -0.3 is 10.2 Å². The molecule has 2 unspecified atom stereocenters. The first-order valence-electron chi connectivity index (χ1n) is 7.13. The minimum Gasteiger partial charge on any atom is -0.312 e. The van der Waals surface area contributed by atoms with Gasteiger partial charge in [0.2, 0.25) is 0 Å². The molecule has 0 aromatic rings. The minimum absolute atomic E-state index is 0.740. The highest BCUT2D eigenvalue weighted by molar-refractivity contribution is 5.01. The van der Waals surface area contributed by atoms with E-state index < -0.39 is 0 Å². The molecule has 0 aromatic heterocycles. The summed E-state index contributed by atoms with van der Waals surface area (Å²) in [6.07, 6.45) is 8.87.